The third-order valence-corrected chi connectivity index (χ3v) is 13.6. The van der Waals surface area contributed by atoms with E-state index in [-0.39, 0.29) is 12.1 Å². The zero-order valence-corrected chi connectivity index (χ0v) is 45.3. The second kappa shape index (κ2) is 22.8. The van der Waals surface area contributed by atoms with E-state index in [1.807, 2.05) is 0 Å². The monoisotopic (exact) mass is 902 g/mol. The van der Waals surface area contributed by atoms with E-state index in [0.717, 1.165) is 40.6 Å². The molecule has 4 aromatic carbocycles. The van der Waals surface area contributed by atoms with Gasteiger partial charge >= 0.3 is 0 Å². The number of hydrogen-bond donors (Lipinski definition) is 2. The Kier molecular flexibility index (Phi) is 18.0. The van der Waals surface area contributed by atoms with Gasteiger partial charge in [-0.05, 0) is 149 Å². The van der Waals surface area contributed by atoms with Gasteiger partial charge in [-0.1, -0.05) is 178 Å². The van der Waals surface area contributed by atoms with Crippen LogP contribution >= 0.6 is 0 Å². The first-order valence-electron chi connectivity index (χ1n) is 25.7. The summed E-state index contributed by atoms with van der Waals surface area (Å²) in [6.45, 7) is 45.4. The lowest BCUT2D eigenvalue weighted by Crippen LogP contribution is -2.17. The Hall–Kier alpha value is -5.03. The maximum atomic E-state index is 5.46. The molecule has 0 aliphatic rings. The van der Waals surface area contributed by atoms with Crippen molar-refractivity contribution in [1.29, 1.82) is 0 Å². The Morgan fingerprint density at radius 3 is 1.01 bits per heavy atom. The highest BCUT2D eigenvalue weighted by Gasteiger charge is 2.23. The van der Waals surface area contributed by atoms with E-state index in [0.29, 0.717) is 47.3 Å². The molecular weight excluding hydrogens is 815 g/mol. The first kappa shape index (κ1) is 52.9. The number of nitrogens with one attached hydrogen (secondary N) is 2. The maximum absolute atomic E-state index is 5.46. The maximum Gasteiger partial charge on any atom is 0.0702 e. The van der Waals surface area contributed by atoms with Crippen LogP contribution in [0.5, 0.6) is 0 Å². The van der Waals surface area contributed by atoms with Gasteiger partial charge in [0.05, 0.1) is 46.3 Å². The van der Waals surface area contributed by atoms with Gasteiger partial charge < -0.3 is 10.6 Å². The molecule has 5 nitrogen and oxygen atoms in total. The highest BCUT2D eigenvalue weighted by molar-refractivity contribution is 6.41. The molecule has 0 aliphatic heterocycles. The van der Waals surface area contributed by atoms with E-state index < -0.39 is 0 Å². The lowest BCUT2D eigenvalue weighted by molar-refractivity contribution is 0.760. The average Bonchev–Trinajstić information content (AvgIpc) is 3.26. The smallest absolute Gasteiger partial charge is 0.0702 e. The molecule has 1 heterocycles. The number of aromatic nitrogens is 1. The average molecular weight is 902 g/mol. The molecule has 0 fully saturated rings. The third-order valence-electron chi connectivity index (χ3n) is 13.6. The van der Waals surface area contributed by atoms with Crippen LogP contribution in [0, 0.1) is 0 Å². The number of pyridine rings is 1. The van der Waals surface area contributed by atoms with E-state index in [1.165, 1.54) is 67.0 Å². The number of aliphatic imine (C=N–C) groups is 2. The molecule has 2 N–H and O–H groups in total. The molecule has 0 saturated heterocycles. The zero-order chi connectivity index (χ0) is 49.6. The van der Waals surface area contributed by atoms with Crippen LogP contribution in [0.2, 0.25) is 0 Å². The number of hydrogen-bond acceptors (Lipinski definition) is 5. The minimum atomic E-state index is 0.0109. The van der Waals surface area contributed by atoms with E-state index in [1.54, 1.807) is 0 Å². The summed E-state index contributed by atoms with van der Waals surface area (Å²) in [6, 6.07) is 29.7. The quantitative estimate of drug-likeness (QED) is 0.0812. The molecule has 0 bridgehead atoms. The second-order valence-electron chi connectivity index (χ2n) is 21.9. The number of para-hydroxylation sites is 2. The van der Waals surface area contributed by atoms with Crippen molar-refractivity contribution in [2.45, 2.75) is 204 Å². The fraction of sp³-hybridized carbons (Fsp3) is 0.500. The topological polar surface area (TPSA) is 61.7 Å². The van der Waals surface area contributed by atoms with Gasteiger partial charge in [0, 0.05) is 11.4 Å². The van der Waals surface area contributed by atoms with Crippen LogP contribution in [0.1, 0.15) is 265 Å². The van der Waals surface area contributed by atoms with E-state index in [9.17, 15) is 0 Å². The molecule has 0 spiro atoms. The van der Waals surface area contributed by atoms with Crippen LogP contribution in [0.15, 0.2) is 88.8 Å². The van der Waals surface area contributed by atoms with Crippen molar-refractivity contribution in [2.24, 2.45) is 9.98 Å². The Morgan fingerprint density at radius 1 is 0.388 bits per heavy atom. The fourth-order valence-corrected chi connectivity index (χ4v) is 9.41. The van der Waals surface area contributed by atoms with Crippen LogP contribution in [0.4, 0.5) is 22.7 Å². The molecule has 2 unspecified atom stereocenters. The summed E-state index contributed by atoms with van der Waals surface area (Å²) < 4.78 is 0. The lowest BCUT2D eigenvalue weighted by atomic mass is 9.86. The summed E-state index contributed by atoms with van der Waals surface area (Å²) >= 11 is 0. The van der Waals surface area contributed by atoms with Gasteiger partial charge in [-0.2, -0.15) is 0 Å². The summed E-state index contributed by atoms with van der Waals surface area (Å²) in [7, 11) is 0. The van der Waals surface area contributed by atoms with Crippen LogP contribution in [-0.2, 0) is 6.42 Å². The fourth-order valence-electron chi connectivity index (χ4n) is 9.41. The van der Waals surface area contributed by atoms with Crippen LogP contribution in [-0.4, -0.2) is 16.4 Å². The lowest BCUT2D eigenvalue weighted by Gasteiger charge is -2.27. The Bertz CT molecular complexity index is 2420. The molecule has 5 rings (SSSR count). The normalized spacial score (nSPS) is 13.7. The Balaban J connectivity index is 1.49. The molecule has 0 saturated carbocycles. The molecule has 360 valence electrons. The van der Waals surface area contributed by atoms with Crippen molar-refractivity contribution in [1.82, 2.24) is 4.98 Å². The van der Waals surface area contributed by atoms with Crippen LogP contribution < -0.4 is 10.6 Å². The molecule has 67 heavy (non-hydrogen) atoms. The molecule has 5 aromatic rings. The van der Waals surface area contributed by atoms with E-state index >= 15 is 0 Å². The van der Waals surface area contributed by atoms with E-state index in [2.05, 4.69) is 228 Å². The van der Waals surface area contributed by atoms with Gasteiger partial charge in [-0.25, -0.2) is 0 Å². The molecule has 0 aliphatic carbocycles. The highest BCUT2D eigenvalue weighted by atomic mass is 15.0. The van der Waals surface area contributed by atoms with Gasteiger partial charge in [0.25, 0.3) is 0 Å². The number of benzene rings is 4. The van der Waals surface area contributed by atoms with Crippen LogP contribution in [0.3, 0.4) is 0 Å². The first-order valence-corrected chi connectivity index (χ1v) is 25.7. The standard InChI is InChI=1S/C62H87N5/c1-35(2)49-24-21-25-50(36(3)4)59(49)63-43(17)44(18)64-61-53(39(9)10)31-47(32-54(61)40(11)12)30-48-33-55(41(13)14)62(56(34-48)42(15)16)66-46(20)58-29-23-28-57(67-58)45(19)65-60-51(37(5)6)26-22-27-52(60)38(7)8/h21-29,31-42,45-46,65-66H,30H2,1-20H3. The summed E-state index contributed by atoms with van der Waals surface area (Å²) in [4.78, 5) is 16.1. The second-order valence-corrected chi connectivity index (χ2v) is 21.9. The SMILES string of the molecule is CC(=Nc1c(C(C)C)cccc1C(C)C)C(C)=Nc1c(C(C)C)cc(Cc2cc(C(C)C)c(NC(C)c3cccc(C(C)Nc4c(C(C)C)cccc4C(C)C)n3)c(C(C)C)c2)cc1C(C)C. The molecule has 1 aromatic heterocycles. The number of rotatable bonds is 19. The largest absolute Gasteiger partial charge is 0.376 e. The van der Waals surface area contributed by atoms with Gasteiger partial charge in [0.15, 0.2) is 0 Å². The summed E-state index contributed by atoms with van der Waals surface area (Å²) in [5, 5.41) is 7.93. The predicted octanol–water partition coefficient (Wildman–Crippen LogP) is 18.9. The van der Waals surface area contributed by atoms with Gasteiger partial charge in [-0.15, -0.1) is 0 Å². The zero-order valence-electron chi connectivity index (χ0n) is 45.3. The molecule has 2 atom stereocenters. The van der Waals surface area contributed by atoms with Crippen molar-refractivity contribution in [3.63, 3.8) is 0 Å². The minimum Gasteiger partial charge on any atom is -0.376 e. The molecule has 0 amide bonds. The van der Waals surface area contributed by atoms with Gasteiger partial charge in [-0.3, -0.25) is 15.0 Å². The summed E-state index contributed by atoms with van der Waals surface area (Å²) in [5.41, 5.74) is 22.0. The first-order chi connectivity index (χ1) is 31.5. The molecule has 0 radical (unpaired) electrons. The van der Waals surface area contributed by atoms with Crippen LogP contribution in [0.25, 0.3) is 0 Å². The Labute approximate surface area is 408 Å². The minimum absolute atomic E-state index is 0.0109. The number of nitrogens with zero attached hydrogens (tertiary/aromatic N) is 3. The molecule has 5 heteroatoms. The van der Waals surface area contributed by atoms with Crippen molar-refractivity contribution >= 4 is 34.2 Å². The van der Waals surface area contributed by atoms with Crippen molar-refractivity contribution in [3.05, 3.63) is 146 Å². The van der Waals surface area contributed by atoms with Gasteiger partial charge in [0.1, 0.15) is 0 Å². The van der Waals surface area contributed by atoms with Crippen molar-refractivity contribution in [2.75, 3.05) is 10.6 Å². The summed E-state index contributed by atoms with van der Waals surface area (Å²) in [6.07, 6.45) is 0.856. The Morgan fingerprint density at radius 2 is 0.672 bits per heavy atom. The number of anilines is 2. The van der Waals surface area contributed by atoms with Gasteiger partial charge in [0.2, 0.25) is 0 Å². The highest BCUT2D eigenvalue weighted by Crippen LogP contribution is 2.41. The predicted molar refractivity (Wildman–Crippen MR) is 295 cm³/mol. The summed E-state index contributed by atoms with van der Waals surface area (Å²) in [5.74, 6) is 2.89. The van der Waals surface area contributed by atoms with E-state index in [4.69, 9.17) is 15.0 Å². The van der Waals surface area contributed by atoms with Crippen molar-refractivity contribution < 1.29 is 0 Å². The third kappa shape index (κ3) is 12.7. The van der Waals surface area contributed by atoms with Crippen molar-refractivity contribution in [3.8, 4) is 0 Å². The molecular formula is C62H87N5.